The molecule has 106 valence electrons. The number of benzene rings is 2. The third-order valence-corrected chi connectivity index (χ3v) is 3.75. The van der Waals surface area contributed by atoms with Crippen LogP contribution in [0.4, 0.5) is 11.4 Å². The van der Waals surface area contributed by atoms with E-state index in [2.05, 4.69) is 45.9 Å². The Morgan fingerprint density at radius 2 is 1.05 bits per heavy atom. The van der Waals surface area contributed by atoms with Crippen molar-refractivity contribution in [2.24, 2.45) is 0 Å². The van der Waals surface area contributed by atoms with Gasteiger partial charge in [0.15, 0.2) is 0 Å². The fourth-order valence-corrected chi connectivity index (χ4v) is 2.72. The Bertz CT molecular complexity index is 566. The van der Waals surface area contributed by atoms with Crippen LogP contribution in [-0.4, -0.2) is 0 Å². The van der Waals surface area contributed by atoms with Gasteiger partial charge >= 0.3 is 0 Å². The van der Waals surface area contributed by atoms with Gasteiger partial charge in [0.25, 0.3) is 0 Å². The first-order valence-corrected chi connectivity index (χ1v) is 7.20. The zero-order valence-corrected chi connectivity index (χ0v) is 12.8. The van der Waals surface area contributed by atoms with Crippen molar-refractivity contribution in [1.82, 2.24) is 0 Å². The zero-order valence-electron chi connectivity index (χ0n) is 12.8. The van der Waals surface area contributed by atoms with Crippen LogP contribution in [0.2, 0.25) is 0 Å². The van der Waals surface area contributed by atoms with E-state index in [1.54, 1.807) is 0 Å². The van der Waals surface area contributed by atoms with Crippen molar-refractivity contribution in [1.29, 1.82) is 0 Å². The molecule has 2 nitrogen and oxygen atoms in total. The van der Waals surface area contributed by atoms with Crippen molar-refractivity contribution in [2.75, 3.05) is 11.5 Å². The first kappa shape index (κ1) is 14.4. The molecule has 0 heterocycles. The minimum atomic E-state index is 0.433. The molecule has 0 fully saturated rings. The van der Waals surface area contributed by atoms with Gasteiger partial charge in [-0.2, -0.15) is 0 Å². The normalized spacial score (nSPS) is 11.3. The van der Waals surface area contributed by atoms with E-state index in [1.165, 1.54) is 16.7 Å². The van der Waals surface area contributed by atoms with Crippen LogP contribution in [0.25, 0.3) is 11.1 Å². The highest BCUT2D eigenvalue weighted by Crippen LogP contribution is 2.41. The van der Waals surface area contributed by atoms with E-state index in [9.17, 15) is 0 Å². The predicted octanol–water partition coefficient (Wildman–Crippen LogP) is 4.76. The Morgan fingerprint density at radius 3 is 1.45 bits per heavy atom. The molecule has 0 aliphatic heterocycles. The lowest BCUT2D eigenvalue weighted by atomic mass is 9.84. The summed E-state index contributed by atoms with van der Waals surface area (Å²) in [6.45, 7) is 8.83. The van der Waals surface area contributed by atoms with Crippen molar-refractivity contribution in [3.8, 4) is 11.1 Å². The quantitative estimate of drug-likeness (QED) is 0.788. The monoisotopic (exact) mass is 268 g/mol. The molecule has 0 aliphatic rings. The van der Waals surface area contributed by atoms with E-state index in [0.29, 0.717) is 11.8 Å². The topological polar surface area (TPSA) is 52.0 Å². The van der Waals surface area contributed by atoms with Gasteiger partial charge in [-0.15, -0.1) is 0 Å². The Kier molecular flexibility index (Phi) is 4.03. The smallest absolute Gasteiger partial charge is 0.0414 e. The second-order valence-corrected chi connectivity index (χ2v) is 5.93. The first-order valence-electron chi connectivity index (χ1n) is 7.20. The molecule has 0 aliphatic carbocycles. The van der Waals surface area contributed by atoms with Gasteiger partial charge in [-0.05, 0) is 40.7 Å². The molecule has 0 bridgehead atoms. The van der Waals surface area contributed by atoms with Crippen LogP contribution in [0, 0.1) is 0 Å². The molecule has 0 spiro atoms. The van der Waals surface area contributed by atoms with Crippen LogP contribution in [0.5, 0.6) is 0 Å². The minimum absolute atomic E-state index is 0.433. The van der Waals surface area contributed by atoms with Crippen LogP contribution in [0.3, 0.4) is 0 Å². The lowest BCUT2D eigenvalue weighted by molar-refractivity contribution is 0.838. The molecule has 2 aromatic rings. The van der Waals surface area contributed by atoms with Crippen molar-refractivity contribution in [3.63, 3.8) is 0 Å². The van der Waals surface area contributed by atoms with E-state index in [1.807, 2.05) is 18.2 Å². The highest BCUT2D eigenvalue weighted by Gasteiger charge is 2.18. The molecule has 0 aromatic heterocycles. The molecule has 0 saturated carbocycles. The molecule has 20 heavy (non-hydrogen) atoms. The summed E-state index contributed by atoms with van der Waals surface area (Å²) in [6.07, 6.45) is 0. The van der Waals surface area contributed by atoms with E-state index < -0.39 is 0 Å². The summed E-state index contributed by atoms with van der Waals surface area (Å²) in [5, 5.41) is 0. The summed E-state index contributed by atoms with van der Waals surface area (Å²) in [5.74, 6) is 0.866. The third-order valence-electron chi connectivity index (χ3n) is 3.75. The Morgan fingerprint density at radius 1 is 0.650 bits per heavy atom. The number of hydrogen-bond donors (Lipinski definition) is 2. The molecule has 0 radical (unpaired) electrons. The fourth-order valence-electron chi connectivity index (χ4n) is 2.72. The van der Waals surface area contributed by atoms with Crippen LogP contribution in [-0.2, 0) is 0 Å². The van der Waals surface area contributed by atoms with Crippen molar-refractivity contribution >= 4 is 11.4 Å². The summed E-state index contributed by atoms with van der Waals surface area (Å²) in [6, 6.07) is 12.2. The summed E-state index contributed by atoms with van der Waals surface area (Å²) in [4.78, 5) is 0. The SMILES string of the molecule is CC(C)c1cccc(C(C)C)c1-c1c(N)cccc1N. The maximum Gasteiger partial charge on any atom is 0.0414 e. The van der Waals surface area contributed by atoms with E-state index in [4.69, 9.17) is 11.5 Å². The van der Waals surface area contributed by atoms with E-state index in [0.717, 1.165) is 16.9 Å². The fraction of sp³-hybridized carbons (Fsp3) is 0.333. The number of nitrogens with two attached hydrogens (primary N) is 2. The Labute approximate surface area is 121 Å². The Balaban J connectivity index is 2.83. The summed E-state index contributed by atoms with van der Waals surface area (Å²) in [7, 11) is 0. The van der Waals surface area contributed by atoms with Gasteiger partial charge in [-0.3, -0.25) is 0 Å². The van der Waals surface area contributed by atoms with Crippen LogP contribution < -0.4 is 11.5 Å². The first-order chi connectivity index (χ1) is 9.43. The highest BCUT2D eigenvalue weighted by molar-refractivity contribution is 5.90. The van der Waals surface area contributed by atoms with Crippen molar-refractivity contribution in [3.05, 3.63) is 47.5 Å². The molecule has 0 amide bonds. The molecular formula is C18H24N2. The number of nitrogen functional groups attached to an aromatic ring is 2. The molecule has 0 atom stereocenters. The maximum absolute atomic E-state index is 6.21. The van der Waals surface area contributed by atoms with Crippen molar-refractivity contribution in [2.45, 2.75) is 39.5 Å². The van der Waals surface area contributed by atoms with E-state index >= 15 is 0 Å². The lowest BCUT2D eigenvalue weighted by Crippen LogP contribution is -2.04. The molecule has 4 N–H and O–H groups in total. The molecule has 0 saturated heterocycles. The van der Waals surface area contributed by atoms with Gasteiger partial charge in [0.1, 0.15) is 0 Å². The molecule has 2 rings (SSSR count). The second kappa shape index (κ2) is 5.58. The van der Waals surface area contributed by atoms with Gasteiger partial charge in [0.2, 0.25) is 0 Å². The standard InChI is InChI=1S/C18H24N2/c1-11(2)13-7-5-8-14(12(3)4)17(13)18-15(19)9-6-10-16(18)20/h5-12H,19-20H2,1-4H3. The average molecular weight is 268 g/mol. The lowest BCUT2D eigenvalue weighted by Gasteiger charge is -2.22. The maximum atomic E-state index is 6.21. The van der Waals surface area contributed by atoms with Crippen LogP contribution in [0.15, 0.2) is 36.4 Å². The third kappa shape index (κ3) is 2.51. The van der Waals surface area contributed by atoms with E-state index in [-0.39, 0.29) is 0 Å². The number of hydrogen-bond acceptors (Lipinski definition) is 2. The summed E-state index contributed by atoms with van der Waals surface area (Å²) >= 11 is 0. The van der Waals surface area contributed by atoms with Gasteiger partial charge < -0.3 is 11.5 Å². The van der Waals surface area contributed by atoms with Gasteiger partial charge in [-0.25, -0.2) is 0 Å². The molecule has 2 aromatic carbocycles. The minimum Gasteiger partial charge on any atom is -0.398 e. The van der Waals surface area contributed by atoms with Crippen LogP contribution >= 0.6 is 0 Å². The second-order valence-electron chi connectivity index (χ2n) is 5.93. The highest BCUT2D eigenvalue weighted by atomic mass is 14.6. The predicted molar refractivity (Wildman–Crippen MR) is 88.9 cm³/mol. The number of rotatable bonds is 3. The average Bonchev–Trinajstić information content (AvgIpc) is 2.38. The van der Waals surface area contributed by atoms with Gasteiger partial charge in [-0.1, -0.05) is 52.0 Å². The largest absolute Gasteiger partial charge is 0.398 e. The zero-order chi connectivity index (χ0) is 14.9. The van der Waals surface area contributed by atoms with Gasteiger partial charge in [0.05, 0.1) is 0 Å². The number of anilines is 2. The molecule has 2 heteroatoms. The molecular weight excluding hydrogens is 244 g/mol. The summed E-state index contributed by atoms with van der Waals surface area (Å²) in [5.41, 5.74) is 18.7. The van der Waals surface area contributed by atoms with Crippen molar-refractivity contribution < 1.29 is 0 Å². The Hall–Kier alpha value is -1.96. The van der Waals surface area contributed by atoms with Gasteiger partial charge in [0, 0.05) is 16.9 Å². The van der Waals surface area contributed by atoms with Crippen LogP contribution in [0.1, 0.15) is 50.7 Å². The summed E-state index contributed by atoms with van der Waals surface area (Å²) < 4.78 is 0. The molecule has 0 unspecified atom stereocenters.